The molecule has 3 aromatic rings. The van der Waals surface area contributed by atoms with Gasteiger partial charge in [-0.1, -0.05) is 29.8 Å². The summed E-state index contributed by atoms with van der Waals surface area (Å²) in [4.78, 5) is 9.05. The fourth-order valence-electron chi connectivity index (χ4n) is 2.74. The molecule has 0 atom stereocenters. The van der Waals surface area contributed by atoms with Crippen molar-refractivity contribution in [2.45, 2.75) is 20.3 Å². The molecule has 2 aromatic carbocycles. The van der Waals surface area contributed by atoms with Gasteiger partial charge >= 0.3 is 0 Å². The number of aromatic nitrogens is 2. The highest BCUT2D eigenvalue weighted by Crippen LogP contribution is 2.27. The summed E-state index contributed by atoms with van der Waals surface area (Å²) >= 11 is 5.93. The Balaban J connectivity index is 1.69. The molecule has 0 saturated carbocycles. The maximum absolute atomic E-state index is 5.93. The van der Waals surface area contributed by atoms with Crippen molar-refractivity contribution in [3.05, 3.63) is 70.4 Å². The molecule has 6 heteroatoms. The zero-order chi connectivity index (χ0) is 19.2. The number of methoxy groups -OCH3 is 1. The van der Waals surface area contributed by atoms with Crippen LogP contribution in [0.4, 0.5) is 17.5 Å². The van der Waals surface area contributed by atoms with Crippen LogP contribution in [0.15, 0.2) is 48.5 Å². The number of halogens is 1. The van der Waals surface area contributed by atoms with Gasteiger partial charge in [0, 0.05) is 23.3 Å². The predicted octanol–water partition coefficient (Wildman–Crippen LogP) is 5.15. The third-order valence-corrected chi connectivity index (χ3v) is 4.34. The number of benzene rings is 2. The predicted molar refractivity (Wildman–Crippen MR) is 111 cm³/mol. The Hall–Kier alpha value is -2.79. The number of ether oxygens (including phenoxy) is 1. The Bertz CT molecular complexity index is 913. The van der Waals surface area contributed by atoms with Crippen molar-refractivity contribution in [2.75, 3.05) is 24.3 Å². The number of nitrogens with zero attached hydrogens (tertiary/aromatic N) is 2. The van der Waals surface area contributed by atoms with E-state index in [1.54, 1.807) is 7.11 Å². The van der Waals surface area contributed by atoms with Crippen LogP contribution in [0.5, 0.6) is 5.75 Å². The van der Waals surface area contributed by atoms with Gasteiger partial charge in [0.25, 0.3) is 0 Å². The summed E-state index contributed by atoms with van der Waals surface area (Å²) in [5, 5.41) is 7.37. The summed E-state index contributed by atoms with van der Waals surface area (Å²) < 4.78 is 5.41. The molecule has 2 N–H and O–H groups in total. The lowest BCUT2D eigenvalue weighted by atomic mass is 10.1. The lowest BCUT2D eigenvalue weighted by molar-refractivity contribution is 0.416. The van der Waals surface area contributed by atoms with Gasteiger partial charge in [-0.15, -0.1) is 0 Å². The normalized spacial score (nSPS) is 10.5. The van der Waals surface area contributed by atoms with Crippen molar-refractivity contribution in [1.29, 1.82) is 0 Å². The van der Waals surface area contributed by atoms with E-state index in [9.17, 15) is 0 Å². The monoisotopic (exact) mass is 382 g/mol. The standard InChI is InChI=1S/C21H23ClN4O/c1-14-4-9-19(27-3)18(12-14)25-21-24-15(2)13-20(26-21)23-11-10-16-5-7-17(22)8-6-16/h4-9,12-13H,10-11H2,1-3H3,(H2,23,24,25,26). The average molecular weight is 383 g/mol. The van der Waals surface area contributed by atoms with E-state index in [1.165, 1.54) is 5.56 Å². The molecular weight excluding hydrogens is 360 g/mol. The van der Waals surface area contributed by atoms with Gasteiger partial charge in [0.1, 0.15) is 11.6 Å². The lowest BCUT2D eigenvalue weighted by Gasteiger charge is -2.13. The molecule has 0 aliphatic carbocycles. The molecule has 0 aliphatic heterocycles. The van der Waals surface area contributed by atoms with E-state index in [1.807, 2.05) is 62.4 Å². The van der Waals surface area contributed by atoms with Crippen molar-refractivity contribution < 1.29 is 4.74 Å². The Morgan fingerprint density at radius 2 is 1.78 bits per heavy atom. The van der Waals surface area contributed by atoms with Gasteiger partial charge < -0.3 is 15.4 Å². The second-order valence-electron chi connectivity index (χ2n) is 6.35. The van der Waals surface area contributed by atoms with Crippen molar-refractivity contribution in [3.63, 3.8) is 0 Å². The van der Waals surface area contributed by atoms with Gasteiger partial charge in [-0.25, -0.2) is 4.98 Å². The number of rotatable bonds is 7. The molecule has 0 aliphatic rings. The van der Waals surface area contributed by atoms with Crippen LogP contribution in [0.25, 0.3) is 0 Å². The largest absolute Gasteiger partial charge is 0.495 e. The van der Waals surface area contributed by atoms with E-state index in [2.05, 4.69) is 20.6 Å². The maximum Gasteiger partial charge on any atom is 0.229 e. The van der Waals surface area contributed by atoms with Crippen molar-refractivity contribution >= 4 is 29.1 Å². The van der Waals surface area contributed by atoms with Crippen LogP contribution in [0.2, 0.25) is 5.02 Å². The van der Waals surface area contributed by atoms with E-state index in [4.69, 9.17) is 16.3 Å². The molecule has 0 unspecified atom stereocenters. The number of hydrogen-bond donors (Lipinski definition) is 2. The van der Waals surface area contributed by atoms with Crippen LogP contribution < -0.4 is 15.4 Å². The van der Waals surface area contributed by atoms with Gasteiger partial charge in [0.05, 0.1) is 12.8 Å². The first-order chi connectivity index (χ1) is 13.0. The number of nitrogens with one attached hydrogen (secondary N) is 2. The van der Waals surface area contributed by atoms with Crippen LogP contribution in [0.3, 0.4) is 0 Å². The quantitative estimate of drug-likeness (QED) is 0.591. The van der Waals surface area contributed by atoms with Gasteiger partial charge in [-0.3, -0.25) is 0 Å². The topological polar surface area (TPSA) is 59.1 Å². The summed E-state index contributed by atoms with van der Waals surface area (Å²) in [5.41, 5.74) is 4.08. The van der Waals surface area contributed by atoms with Gasteiger partial charge in [0.2, 0.25) is 5.95 Å². The zero-order valence-electron chi connectivity index (χ0n) is 15.7. The maximum atomic E-state index is 5.93. The Labute approximate surface area is 164 Å². The number of anilines is 3. The lowest BCUT2D eigenvalue weighted by Crippen LogP contribution is -2.09. The summed E-state index contributed by atoms with van der Waals surface area (Å²) in [6.07, 6.45) is 0.884. The molecule has 1 heterocycles. The SMILES string of the molecule is COc1ccc(C)cc1Nc1nc(C)cc(NCCc2ccc(Cl)cc2)n1. The fourth-order valence-corrected chi connectivity index (χ4v) is 2.87. The highest BCUT2D eigenvalue weighted by atomic mass is 35.5. The molecule has 0 radical (unpaired) electrons. The summed E-state index contributed by atoms with van der Waals surface area (Å²) in [6.45, 7) is 4.75. The third-order valence-electron chi connectivity index (χ3n) is 4.09. The van der Waals surface area contributed by atoms with Crippen molar-refractivity contribution in [2.24, 2.45) is 0 Å². The third kappa shape index (κ3) is 5.34. The fraction of sp³-hybridized carbons (Fsp3) is 0.238. The molecular formula is C21H23ClN4O. The van der Waals surface area contributed by atoms with E-state index in [0.29, 0.717) is 5.95 Å². The van der Waals surface area contributed by atoms with Crippen LogP contribution in [-0.2, 0) is 6.42 Å². The Morgan fingerprint density at radius 3 is 2.52 bits per heavy atom. The second kappa shape index (κ2) is 8.73. The second-order valence-corrected chi connectivity index (χ2v) is 6.79. The van der Waals surface area contributed by atoms with E-state index in [-0.39, 0.29) is 0 Å². The first kappa shape index (κ1) is 19.0. The minimum atomic E-state index is 0.535. The number of aryl methyl sites for hydroxylation is 2. The summed E-state index contributed by atoms with van der Waals surface area (Å²) in [6, 6.07) is 15.8. The van der Waals surface area contributed by atoms with Crippen LogP contribution >= 0.6 is 11.6 Å². The molecule has 0 spiro atoms. The van der Waals surface area contributed by atoms with E-state index >= 15 is 0 Å². The minimum Gasteiger partial charge on any atom is -0.495 e. The summed E-state index contributed by atoms with van der Waals surface area (Å²) in [7, 11) is 1.65. The highest BCUT2D eigenvalue weighted by Gasteiger charge is 2.07. The van der Waals surface area contributed by atoms with Gasteiger partial charge in [-0.2, -0.15) is 4.98 Å². The smallest absolute Gasteiger partial charge is 0.229 e. The molecule has 5 nitrogen and oxygen atoms in total. The first-order valence-corrected chi connectivity index (χ1v) is 9.17. The molecule has 3 rings (SSSR count). The molecule has 140 valence electrons. The minimum absolute atomic E-state index is 0.535. The number of hydrogen-bond acceptors (Lipinski definition) is 5. The van der Waals surface area contributed by atoms with Crippen LogP contribution in [-0.4, -0.2) is 23.6 Å². The molecule has 0 bridgehead atoms. The average Bonchev–Trinajstić information content (AvgIpc) is 2.63. The van der Waals surface area contributed by atoms with Gasteiger partial charge in [0.15, 0.2) is 0 Å². The summed E-state index contributed by atoms with van der Waals surface area (Å²) in [5.74, 6) is 2.07. The Kier molecular flexibility index (Phi) is 6.14. The molecule has 0 fully saturated rings. The van der Waals surface area contributed by atoms with Crippen molar-refractivity contribution in [1.82, 2.24) is 9.97 Å². The molecule has 0 amide bonds. The molecule has 1 aromatic heterocycles. The Morgan fingerprint density at radius 1 is 1.00 bits per heavy atom. The molecule has 0 saturated heterocycles. The van der Waals surface area contributed by atoms with Gasteiger partial charge in [-0.05, 0) is 55.7 Å². The van der Waals surface area contributed by atoms with Crippen molar-refractivity contribution in [3.8, 4) is 5.75 Å². The van der Waals surface area contributed by atoms with Crippen LogP contribution in [0.1, 0.15) is 16.8 Å². The van der Waals surface area contributed by atoms with E-state index < -0.39 is 0 Å². The molecule has 27 heavy (non-hydrogen) atoms. The van der Waals surface area contributed by atoms with E-state index in [0.717, 1.165) is 46.5 Å². The zero-order valence-corrected chi connectivity index (χ0v) is 16.5. The first-order valence-electron chi connectivity index (χ1n) is 8.79. The highest BCUT2D eigenvalue weighted by molar-refractivity contribution is 6.30. The van der Waals surface area contributed by atoms with Crippen LogP contribution in [0, 0.1) is 13.8 Å².